The van der Waals surface area contributed by atoms with Crippen LogP contribution in [0.5, 0.6) is 5.75 Å². The number of nitrogens with one attached hydrogen (secondary N) is 1. The lowest BCUT2D eigenvalue weighted by molar-refractivity contribution is -0.188. The number of carboxylic acid groups (broad SMARTS) is 1. The summed E-state index contributed by atoms with van der Waals surface area (Å²) in [5.74, 6) is -4.85. The maximum absolute atomic E-state index is 12.9. The fraction of sp³-hybridized carbons (Fsp3) is 0.500. The molecule has 2 N–H and O–H groups in total. The molecule has 0 aromatic heterocycles. The average molecular weight is 360 g/mol. The molecule has 6 nitrogen and oxygen atoms in total. The smallest absolute Gasteiger partial charge is 0.393 e. The number of hydrogen-bond donors (Lipinski definition) is 2. The monoisotopic (exact) mass is 360 g/mol. The zero-order chi connectivity index (χ0) is 18.6. The van der Waals surface area contributed by atoms with Crippen molar-refractivity contribution in [2.45, 2.75) is 12.7 Å². The van der Waals surface area contributed by atoms with Gasteiger partial charge in [-0.05, 0) is 17.7 Å². The van der Waals surface area contributed by atoms with E-state index >= 15 is 0 Å². The first kappa shape index (κ1) is 19.0. The van der Waals surface area contributed by atoms with E-state index in [1.54, 1.807) is 24.3 Å². The molecular weight excluding hydrogens is 341 g/mol. The number of nitrogens with zero attached hydrogens (tertiary/aromatic N) is 1. The molecule has 0 saturated carbocycles. The first-order valence-corrected chi connectivity index (χ1v) is 7.62. The Labute approximate surface area is 142 Å². The summed E-state index contributed by atoms with van der Waals surface area (Å²) >= 11 is 0. The minimum atomic E-state index is -4.60. The van der Waals surface area contributed by atoms with Gasteiger partial charge in [0.1, 0.15) is 5.75 Å². The molecule has 2 rings (SSSR count). The molecule has 25 heavy (non-hydrogen) atoms. The first-order chi connectivity index (χ1) is 11.7. The predicted octanol–water partition coefficient (Wildman–Crippen LogP) is 1.51. The molecule has 9 heteroatoms. The lowest BCUT2D eigenvalue weighted by Crippen LogP contribution is -2.36. The number of amides is 1. The Morgan fingerprint density at radius 2 is 2.08 bits per heavy atom. The Bertz CT molecular complexity index is 636. The van der Waals surface area contributed by atoms with Gasteiger partial charge in [0, 0.05) is 19.6 Å². The van der Waals surface area contributed by atoms with Crippen molar-refractivity contribution in [2.75, 3.05) is 26.7 Å². The molecule has 2 atom stereocenters. The molecule has 1 saturated heterocycles. The van der Waals surface area contributed by atoms with Crippen LogP contribution in [-0.4, -0.2) is 54.8 Å². The van der Waals surface area contributed by atoms with Gasteiger partial charge in [0.25, 0.3) is 0 Å². The highest BCUT2D eigenvalue weighted by Crippen LogP contribution is 2.37. The van der Waals surface area contributed by atoms with Gasteiger partial charge in [-0.25, -0.2) is 0 Å². The Morgan fingerprint density at radius 3 is 2.64 bits per heavy atom. The predicted molar refractivity (Wildman–Crippen MR) is 82.0 cm³/mol. The number of ether oxygens (including phenoxy) is 1. The van der Waals surface area contributed by atoms with Gasteiger partial charge in [0.15, 0.2) is 0 Å². The third-order valence-electron chi connectivity index (χ3n) is 4.12. The largest absolute Gasteiger partial charge is 0.497 e. The number of carbonyl (C=O) groups excluding carboxylic acids is 1. The van der Waals surface area contributed by atoms with Crippen LogP contribution in [0.2, 0.25) is 0 Å². The van der Waals surface area contributed by atoms with E-state index in [1.165, 1.54) is 12.0 Å². The lowest BCUT2D eigenvalue weighted by Gasteiger charge is -2.18. The maximum Gasteiger partial charge on any atom is 0.393 e. The van der Waals surface area contributed by atoms with Crippen LogP contribution < -0.4 is 10.1 Å². The van der Waals surface area contributed by atoms with Gasteiger partial charge >= 0.3 is 12.1 Å². The molecule has 0 unspecified atom stereocenters. The standard InChI is InChI=1S/C16H19F3N2O4/c1-25-11-4-2-3-10(5-11)6-20-14(22)9-21-7-12(15(23)24)13(8-21)16(17,18)19/h2-5,12-13H,6-9H2,1H3,(H,20,22)(H,23,24)/t12-,13-/m1/s1. The summed E-state index contributed by atoms with van der Waals surface area (Å²) in [6.45, 7) is -0.867. The number of benzene rings is 1. The molecule has 0 spiro atoms. The van der Waals surface area contributed by atoms with Crippen LogP contribution in [0.1, 0.15) is 5.56 Å². The number of hydrogen-bond acceptors (Lipinski definition) is 4. The molecule has 0 radical (unpaired) electrons. The maximum atomic E-state index is 12.9. The van der Waals surface area contributed by atoms with Crippen LogP contribution in [0.15, 0.2) is 24.3 Å². The minimum Gasteiger partial charge on any atom is -0.497 e. The molecule has 0 aliphatic carbocycles. The number of halogens is 3. The van der Waals surface area contributed by atoms with Crippen molar-refractivity contribution >= 4 is 11.9 Å². The molecule has 1 fully saturated rings. The van der Waals surface area contributed by atoms with Gasteiger partial charge in [0.05, 0.1) is 25.5 Å². The molecule has 1 heterocycles. The van der Waals surface area contributed by atoms with Crippen molar-refractivity contribution in [1.82, 2.24) is 10.2 Å². The number of aliphatic carboxylic acids is 1. The number of likely N-dealkylation sites (tertiary alicyclic amines) is 1. The zero-order valence-corrected chi connectivity index (χ0v) is 13.5. The second-order valence-electron chi connectivity index (χ2n) is 5.92. The van der Waals surface area contributed by atoms with Crippen molar-refractivity contribution in [3.05, 3.63) is 29.8 Å². The van der Waals surface area contributed by atoms with Crippen LogP contribution in [0.25, 0.3) is 0 Å². The average Bonchev–Trinajstić information content (AvgIpc) is 2.97. The van der Waals surface area contributed by atoms with E-state index in [0.717, 1.165) is 5.56 Å². The Kier molecular flexibility index (Phi) is 5.89. The van der Waals surface area contributed by atoms with E-state index in [2.05, 4.69) is 5.32 Å². The fourth-order valence-corrected chi connectivity index (χ4v) is 2.84. The minimum absolute atomic E-state index is 0.203. The number of alkyl halides is 3. The Balaban J connectivity index is 1.89. The molecule has 0 bridgehead atoms. The zero-order valence-electron chi connectivity index (χ0n) is 13.5. The van der Waals surface area contributed by atoms with E-state index in [4.69, 9.17) is 9.84 Å². The molecule has 1 aromatic rings. The van der Waals surface area contributed by atoms with E-state index < -0.39 is 36.4 Å². The van der Waals surface area contributed by atoms with Crippen LogP contribution >= 0.6 is 0 Å². The van der Waals surface area contributed by atoms with Gasteiger partial charge in [-0.3, -0.25) is 14.5 Å². The van der Waals surface area contributed by atoms with Gasteiger partial charge in [-0.15, -0.1) is 0 Å². The third-order valence-corrected chi connectivity index (χ3v) is 4.12. The summed E-state index contributed by atoms with van der Waals surface area (Å²) in [6.07, 6.45) is -4.60. The first-order valence-electron chi connectivity index (χ1n) is 7.62. The number of carboxylic acids is 1. The molecule has 1 aliphatic rings. The topological polar surface area (TPSA) is 78.9 Å². The van der Waals surface area contributed by atoms with Gasteiger partial charge in [0.2, 0.25) is 5.91 Å². The van der Waals surface area contributed by atoms with Crippen molar-refractivity contribution in [2.24, 2.45) is 11.8 Å². The fourth-order valence-electron chi connectivity index (χ4n) is 2.84. The van der Waals surface area contributed by atoms with Gasteiger partial charge in [-0.2, -0.15) is 13.2 Å². The van der Waals surface area contributed by atoms with Crippen molar-refractivity contribution in [3.63, 3.8) is 0 Å². The molecule has 138 valence electrons. The van der Waals surface area contributed by atoms with Crippen molar-refractivity contribution in [3.8, 4) is 5.75 Å². The van der Waals surface area contributed by atoms with Gasteiger partial charge < -0.3 is 15.2 Å². The second kappa shape index (κ2) is 7.73. The van der Waals surface area contributed by atoms with E-state index in [0.29, 0.717) is 5.75 Å². The summed E-state index contributed by atoms with van der Waals surface area (Å²) in [6, 6.07) is 7.01. The SMILES string of the molecule is COc1cccc(CNC(=O)CN2C[C@@H](C(F)(F)F)[C@H](C(=O)O)C2)c1. The van der Waals surface area contributed by atoms with Crippen LogP contribution in [0.4, 0.5) is 13.2 Å². The van der Waals surface area contributed by atoms with E-state index in [-0.39, 0.29) is 19.6 Å². The van der Waals surface area contributed by atoms with Crippen LogP contribution in [0.3, 0.4) is 0 Å². The summed E-state index contributed by atoms with van der Waals surface area (Å²) in [5.41, 5.74) is 0.783. The highest BCUT2D eigenvalue weighted by molar-refractivity contribution is 5.78. The third kappa shape index (κ3) is 5.09. The Hall–Kier alpha value is -2.29. The number of methoxy groups -OCH3 is 1. The normalized spacial score (nSPS) is 21.1. The van der Waals surface area contributed by atoms with Gasteiger partial charge in [-0.1, -0.05) is 12.1 Å². The second-order valence-corrected chi connectivity index (χ2v) is 5.92. The summed E-state index contributed by atoms with van der Waals surface area (Å²) in [7, 11) is 1.51. The molecule has 1 aromatic carbocycles. The summed E-state index contributed by atoms with van der Waals surface area (Å²) in [5, 5.41) is 11.6. The van der Waals surface area contributed by atoms with Crippen LogP contribution in [-0.2, 0) is 16.1 Å². The quantitative estimate of drug-likeness (QED) is 0.804. The Morgan fingerprint density at radius 1 is 1.36 bits per heavy atom. The lowest BCUT2D eigenvalue weighted by atomic mass is 9.96. The highest BCUT2D eigenvalue weighted by Gasteiger charge is 2.52. The van der Waals surface area contributed by atoms with Crippen molar-refractivity contribution in [1.29, 1.82) is 0 Å². The molecular formula is C16H19F3N2O4. The van der Waals surface area contributed by atoms with E-state index in [9.17, 15) is 22.8 Å². The van der Waals surface area contributed by atoms with Crippen LogP contribution in [0, 0.1) is 11.8 Å². The highest BCUT2D eigenvalue weighted by atomic mass is 19.4. The summed E-state index contributed by atoms with van der Waals surface area (Å²) < 4.78 is 43.8. The summed E-state index contributed by atoms with van der Waals surface area (Å²) in [4.78, 5) is 24.2. The van der Waals surface area contributed by atoms with E-state index in [1.807, 2.05) is 0 Å². The molecule has 1 aliphatic heterocycles. The number of carbonyl (C=O) groups is 2. The number of rotatable bonds is 6. The van der Waals surface area contributed by atoms with Crippen molar-refractivity contribution < 1.29 is 32.6 Å². The molecule has 1 amide bonds.